The van der Waals surface area contributed by atoms with Crippen LogP contribution < -0.4 is 0 Å². The summed E-state index contributed by atoms with van der Waals surface area (Å²) >= 11 is 0. The number of rotatable bonds is 1. The lowest BCUT2D eigenvalue weighted by Gasteiger charge is -2.20. The highest BCUT2D eigenvalue weighted by Gasteiger charge is 2.33. The molecule has 0 saturated heterocycles. The van der Waals surface area contributed by atoms with Gasteiger partial charge in [-0.15, -0.1) is 0 Å². The Hall–Kier alpha value is -6.80. The minimum absolute atomic E-state index is 0.00890. The van der Waals surface area contributed by atoms with E-state index in [9.17, 15) is 28.0 Å². The summed E-state index contributed by atoms with van der Waals surface area (Å²) in [5.74, 6) is -4.52. The predicted octanol–water partition coefficient (Wildman–Crippen LogP) is 10.1. The smallest absolute Gasteiger partial charge is 0.194 e. The molecule has 52 heavy (non-hydrogen) atoms. The number of hydrogen-bond acceptors (Lipinski definition) is 4. The van der Waals surface area contributed by atoms with E-state index in [1.807, 2.05) is 0 Å². The summed E-state index contributed by atoms with van der Waals surface area (Å²) in [5.41, 5.74) is 0.914. The Morgan fingerprint density at radius 1 is 0.288 bits per heavy atom. The lowest BCUT2D eigenvalue weighted by Crippen LogP contribution is -2.21. The lowest BCUT2D eigenvalue weighted by molar-refractivity contribution is 0.0979. The quantitative estimate of drug-likeness (QED) is 0.161. The molecular weight excluding hydrogens is 668 g/mol. The standard InChI is InChI=1S/C44H18F4O4/c45-37-5-2-4-20-10-30-33(15-25(20)37)43(51)32-12-24-8-22(13-39(47)27(24)17-35(32)42(30)50)21-7-23-11-31-36(18-28(23)40(48)14-21)44(52)34-16-26-19(3-1-6-38(26)46)9-29(34)41(31)49/h1-18H. The number of halogens is 4. The molecule has 0 N–H and O–H groups in total. The van der Waals surface area contributed by atoms with Gasteiger partial charge in [-0.05, 0) is 118 Å². The summed E-state index contributed by atoms with van der Waals surface area (Å²) in [4.78, 5) is 54.6. The molecule has 0 aromatic heterocycles. The molecule has 0 bridgehead atoms. The van der Waals surface area contributed by atoms with Gasteiger partial charge < -0.3 is 0 Å². The minimum atomic E-state index is -0.728. The van der Waals surface area contributed by atoms with Crippen LogP contribution in [0.1, 0.15) is 63.7 Å². The highest BCUT2D eigenvalue weighted by molar-refractivity contribution is 6.32. The van der Waals surface area contributed by atoms with Gasteiger partial charge in [-0.3, -0.25) is 19.2 Å². The van der Waals surface area contributed by atoms with Crippen LogP contribution in [0, 0.1) is 23.3 Å². The van der Waals surface area contributed by atoms with Crippen molar-refractivity contribution in [1.29, 1.82) is 0 Å². The van der Waals surface area contributed by atoms with Crippen LogP contribution in [-0.2, 0) is 0 Å². The molecule has 0 radical (unpaired) electrons. The van der Waals surface area contributed by atoms with E-state index in [2.05, 4.69) is 0 Å². The average Bonchev–Trinajstić information content (AvgIpc) is 3.14. The Balaban J connectivity index is 1.09. The van der Waals surface area contributed by atoms with E-state index in [4.69, 9.17) is 0 Å². The topological polar surface area (TPSA) is 68.3 Å². The molecule has 0 aliphatic heterocycles. The zero-order valence-electron chi connectivity index (χ0n) is 26.5. The van der Waals surface area contributed by atoms with Crippen LogP contribution in [0.25, 0.3) is 54.2 Å². The maximum absolute atomic E-state index is 15.8. The largest absolute Gasteiger partial charge is 0.289 e. The molecule has 246 valence electrons. The van der Waals surface area contributed by atoms with Gasteiger partial charge in [0.25, 0.3) is 0 Å². The number of benzene rings is 8. The summed E-state index contributed by atoms with van der Waals surface area (Å²) in [6, 6.07) is 25.5. The number of fused-ring (bicyclic) bond motifs is 8. The van der Waals surface area contributed by atoms with E-state index in [0.717, 1.165) is 0 Å². The van der Waals surface area contributed by atoms with Crippen molar-refractivity contribution in [3.05, 3.63) is 177 Å². The van der Waals surface area contributed by atoms with Gasteiger partial charge in [-0.25, -0.2) is 17.6 Å². The van der Waals surface area contributed by atoms with Crippen LogP contribution >= 0.6 is 0 Å². The average molecular weight is 687 g/mol. The normalized spacial score (nSPS) is 13.5. The van der Waals surface area contributed by atoms with Crippen LogP contribution in [0.15, 0.2) is 109 Å². The Kier molecular flexibility index (Phi) is 5.99. The summed E-state index contributed by atoms with van der Waals surface area (Å²) < 4.78 is 60.8. The molecule has 2 aliphatic rings. The Bertz CT molecular complexity index is 3090. The summed E-state index contributed by atoms with van der Waals surface area (Å²) in [5, 5.41) is 1.98. The van der Waals surface area contributed by atoms with Gasteiger partial charge >= 0.3 is 0 Å². The second-order valence-corrected chi connectivity index (χ2v) is 13.2. The summed E-state index contributed by atoms with van der Waals surface area (Å²) in [6.45, 7) is 0. The molecule has 0 spiro atoms. The molecule has 0 fully saturated rings. The van der Waals surface area contributed by atoms with Crippen LogP contribution in [0.3, 0.4) is 0 Å². The highest BCUT2D eigenvalue weighted by atomic mass is 19.1. The molecule has 10 rings (SSSR count). The lowest BCUT2D eigenvalue weighted by atomic mass is 9.81. The predicted molar refractivity (Wildman–Crippen MR) is 188 cm³/mol. The van der Waals surface area contributed by atoms with Crippen molar-refractivity contribution in [2.75, 3.05) is 0 Å². The monoisotopic (exact) mass is 686 g/mol. The van der Waals surface area contributed by atoms with Crippen molar-refractivity contribution in [2.24, 2.45) is 0 Å². The maximum atomic E-state index is 15.8. The van der Waals surface area contributed by atoms with Gasteiger partial charge in [0.1, 0.15) is 23.3 Å². The molecule has 0 atom stereocenters. The zero-order valence-corrected chi connectivity index (χ0v) is 26.5. The van der Waals surface area contributed by atoms with Crippen LogP contribution in [0.4, 0.5) is 17.6 Å². The first-order valence-corrected chi connectivity index (χ1v) is 16.2. The van der Waals surface area contributed by atoms with Gasteiger partial charge in [-0.2, -0.15) is 0 Å². The first-order chi connectivity index (χ1) is 25.0. The third-order valence-electron chi connectivity index (χ3n) is 10.3. The SMILES string of the molecule is O=C1c2cc3cccc(F)c3cc2C(=O)c2cc3c(F)cc(-c4cc(F)c5cc6c(cc5c4)C(=O)c4cc5c(F)cccc5cc4C6=O)cc3cc21. The van der Waals surface area contributed by atoms with Crippen molar-refractivity contribution < 1.29 is 36.7 Å². The van der Waals surface area contributed by atoms with E-state index < -0.39 is 46.4 Å². The van der Waals surface area contributed by atoms with Crippen molar-refractivity contribution >= 4 is 66.2 Å². The third kappa shape index (κ3) is 4.09. The molecule has 8 aromatic carbocycles. The van der Waals surface area contributed by atoms with Gasteiger partial charge in [-0.1, -0.05) is 24.3 Å². The molecule has 8 heteroatoms. The number of ketones is 4. The number of carbonyl (C=O) groups is 4. The fourth-order valence-corrected chi connectivity index (χ4v) is 7.72. The second-order valence-electron chi connectivity index (χ2n) is 13.2. The molecule has 0 amide bonds. The zero-order chi connectivity index (χ0) is 35.7. The fraction of sp³-hybridized carbons (Fsp3) is 0. The first kappa shape index (κ1) is 30.1. The van der Waals surface area contributed by atoms with E-state index in [1.165, 1.54) is 84.9 Å². The molecule has 2 aliphatic carbocycles. The highest BCUT2D eigenvalue weighted by Crippen LogP contribution is 2.39. The van der Waals surface area contributed by atoms with Crippen molar-refractivity contribution in [1.82, 2.24) is 0 Å². The van der Waals surface area contributed by atoms with Gasteiger partial charge in [0.2, 0.25) is 0 Å². The summed E-state index contributed by atoms with van der Waals surface area (Å²) in [7, 11) is 0. The number of carbonyl (C=O) groups excluding carboxylic acids is 4. The second kappa shape index (κ2) is 10.4. The van der Waals surface area contributed by atoms with Crippen LogP contribution in [-0.4, -0.2) is 23.1 Å². The Labute approximate surface area is 290 Å². The molecule has 4 nitrogen and oxygen atoms in total. The van der Waals surface area contributed by atoms with Gasteiger partial charge in [0, 0.05) is 66.1 Å². The van der Waals surface area contributed by atoms with E-state index in [-0.39, 0.29) is 88.0 Å². The van der Waals surface area contributed by atoms with E-state index >= 15 is 8.78 Å². The van der Waals surface area contributed by atoms with Crippen LogP contribution in [0.2, 0.25) is 0 Å². The Morgan fingerprint density at radius 2 is 0.577 bits per heavy atom. The first-order valence-electron chi connectivity index (χ1n) is 16.2. The van der Waals surface area contributed by atoms with Crippen molar-refractivity contribution in [2.45, 2.75) is 0 Å². The molecule has 0 unspecified atom stereocenters. The molecule has 8 aromatic rings. The van der Waals surface area contributed by atoms with Crippen LogP contribution in [0.5, 0.6) is 0 Å². The minimum Gasteiger partial charge on any atom is -0.289 e. The third-order valence-corrected chi connectivity index (χ3v) is 10.3. The van der Waals surface area contributed by atoms with Gasteiger partial charge in [0.15, 0.2) is 23.1 Å². The molecule has 0 saturated carbocycles. The Morgan fingerprint density at radius 3 is 0.923 bits per heavy atom. The maximum Gasteiger partial charge on any atom is 0.194 e. The van der Waals surface area contributed by atoms with Gasteiger partial charge in [0.05, 0.1) is 0 Å². The fourth-order valence-electron chi connectivity index (χ4n) is 7.72. The van der Waals surface area contributed by atoms with Crippen molar-refractivity contribution in [3.63, 3.8) is 0 Å². The van der Waals surface area contributed by atoms with E-state index in [1.54, 1.807) is 24.3 Å². The summed E-state index contributed by atoms with van der Waals surface area (Å²) in [6.07, 6.45) is 0. The number of hydrogen-bond donors (Lipinski definition) is 0. The van der Waals surface area contributed by atoms with Crippen molar-refractivity contribution in [3.8, 4) is 11.1 Å². The molecule has 0 heterocycles. The van der Waals surface area contributed by atoms with E-state index in [0.29, 0.717) is 10.8 Å². The molecular formula is C44H18F4O4.